The summed E-state index contributed by atoms with van der Waals surface area (Å²) in [4.78, 5) is 0. The van der Waals surface area contributed by atoms with Crippen LogP contribution in [0.1, 0.15) is 36.1 Å². The first-order chi connectivity index (χ1) is 14.4. The minimum atomic E-state index is -0.583. The van der Waals surface area contributed by atoms with Gasteiger partial charge in [0.25, 0.3) is 0 Å². The summed E-state index contributed by atoms with van der Waals surface area (Å²) in [5.74, 6) is 0. The van der Waals surface area contributed by atoms with Gasteiger partial charge in [-0.25, -0.2) is 0 Å². The van der Waals surface area contributed by atoms with E-state index in [1.165, 1.54) is 16.7 Å². The predicted octanol–water partition coefficient (Wildman–Crippen LogP) is 7.52. The second kappa shape index (κ2) is 9.89. The molecule has 0 fully saturated rings. The summed E-state index contributed by atoms with van der Waals surface area (Å²) < 4.78 is 0. The second-order valence-electron chi connectivity index (χ2n) is 7.33. The normalized spacial score (nSPS) is 19.3. The lowest BCUT2D eigenvalue weighted by atomic mass is 9.87. The number of allylic oxidation sites excluding steroid dienone is 5. The minimum absolute atomic E-state index is 0.583. The van der Waals surface area contributed by atoms with Crippen molar-refractivity contribution in [2.75, 3.05) is 0 Å². The Morgan fingerprint density at radius 2 is 1.60 bits per heavy atom. The predicted molar refractivity (Wildman–Crippen MR) is 134 cm³/mol. The molecule has 2 aromatic rings. The van der Waals surface area contributed by atoms with Crippen molar-refractivity contribution in [1.29, 1.82) is 0 Å². The highest BCUT2D eigenvalue weighted by molar-refractivity contribution is 5.94. The molecule has 1 nitrogen and oxygen atoms in total. The topological polar surface area (TPSA) is 26.0 Å². The molecule has 1 atom stereocenters. The fraction of sp³-hybridized carbons (Fsp3) is 0.138. The maximum Gasteiger partial charge on any atom is 0.0649 e. The molecule has 0 heterocycles. The molecule has 0 saturated carbocycles. The summed E-state index contributed by atoms with van der Waals surface area (Å²) in [6.45, 7) is 21.1. The molecule has 1 heteroatoms. The van der Waals surface area contributed by atoms with E-state index in [2.05, 4.69) is 75.4 Å². The van der Waals surface area contributed by atoms with Crippen molar-refractivity contribution in [3.05, 3.63) is 127 Å². The molecule has 1 unspecified atom stereocenters. The molecule has 0 saturated heterocycles. The Bertz CT molecular complexity index is 1080. The van der Waals surface area contributed by atoms with E-state index in [9.17, 15) is 0 Å². The van der Waals surface area contributed by atoms with Crippen LogP contribution in [0.15, 0.2) is 104 Å². The fourth-order valence-electron chi connectivity index (χ4n) is 3.79. The zero-order valence-corrected chi connectivity index (χ0v) is 18.3. The highest BCUT2D eigenvalue weighted by Gasteiger charge is 2.39. The standard InChI is InChI=1S/C25H25N.C4H6/c1-6-11-20-22-16-21(19-14-10-9-13-17(19)4)18(8-3)15-24(22)25(5,26)23(20)12-7-2;1-3-4-2/h6-16H,1-3,26H2,4-5H3;4H,1H2,2H3/b20-11-,23-12-;. The summed E-state index contributed by atoms with van der Waals surface area (Å²) in [5.41, 5.74) is 17.8. The van der Waals surface area contributed by atoms with Crippen molar-refractivity contribution in [3.8, 4) is 11.1 Å². The van der Waals surface area contributed by atoms with Gasteiger partial charge in [0.15, 0.2) is 0 Å². The van der Waals surface area contributed by atoms with Gasteiger partial charge in [-0.05, 0) is 83.5 Å². The smallest absolute Gasteiger partial charge is 0.0649 e. The van der Waals surface area contributed by atoms with Crippen molar-refractivity contribution in [1.82, 2.24) is 0 Å². The number of hydrogen-bond acceptors (Lipinski definition) is 1. The van der Waals surface area contributed by atoms with Crippen LogP contribution in [-0.2, 0) is 5.54 Å². The third kappa shape index (κ3) is 4.28. The van der Waals surface area contributed by atoms with Crippen LogP contribution in [0.2, 0.25) is 0 Å². The van der Waals surface area contributed by atoms with E-state index >= 15 is 0 Å². The van der Waals surface area contributed by atoms with E-state index in [0.29, 0.717) is 0 Å². The maximum absolute atomic E-state index is 6.76. The Balaban J connectivity index is 0.000000735. The third-order valence-corrected chi connectivity index (χ3v) is 5.32. The van der Waals surface area contributed by atoms with E-state index in [0.717, 1.165) is 27.8 Å². The number of rotatable bonds is 4. The summed E-state index contributed by atoms with van der Waals surface area (Å²) >= 11 is 0. The first-order valence-electron chi connectivity index (χ1n) is 10.00. The van der Waals surface area contributed by atoms with Crippen LogP contribution in [0.25, 0.3) is 22.8 Å². The quantitative estimate of drug-likeness (QED) is 0.534. The largest absolute Gasteiger partial charge is 0.318 e. The molecule has 152 valence electrons. The van der Waals surface area contributed by atoms with E-state index < -0.39 is 5.54 Å². The maximum atomic E-state index is 6.76. The Hall–Kier alpha value is -3.38. The first kappa shape index (κ1) is 22.9. The molecule has 0 aromatic heterocycles. The minimum Gasteiger partial charge on any atom is -0.318 e. The zero-order valence-electron chi connectivity index (χ0n) is 18.3. The summed E-state index contributed by atoms with van der Waals surface area (Å²) in [7, 11) is 0. The van der Waals surface area contributed by atoms with Gasteiger partial charge >= 0.3 is 0 Å². The van der Waals surface area contributed by atoms with Crippen LogP contribution >= 0.6 is 0 Å². The summed E-state index contributed by atoms with van der Waals surface area (Å²) in [6, 6.07) is 12.8. The lowest BCUT2D eigenvalue weighted by Gasteiger charge is -2.22. The highest BCUT2D eigenvalue weighted by Crippen LogP contribution is 2.49. The Morgan fingerprint density at radius 1 is 0.967 bits per heavy atom. The average Bonchev–Trinajstić information content (AvgIpc) is 2.94. The van der Waals surface area contributed by atoms with Crippen molar-refractivity contribution >= 4 is 11.6 Å². The summed E-state index contributed by atoms with van der Waals surface area (Å²) in [6.07, 6.45) is 11.3. The third-order valence-electron chi connectivity index (χ3n) is 5.32. The zero-order chi connectivity index (χ0) is 22.3. The van der Waals surface area contributed by atoms with Gasteiger partial charge in [0.2, 0.25) is 0 Å². The van der Waals surface area contributed by atoms with Gasteiger partial charge in [-0.3, -0.25) is 0 Å². The molecule has 2 aromatic carbocycles. The van der Waals surface area contributed by atoms with Crippen molar-refractivity contribution in [3.63, 3.8) is 0 Å². The second-order valence-corrected chi connectivity index (χ2v) is 7.33. The van der Waals surface area contributed by atoms with Gasteiger partial charge in [0.05, 0.1) is 5.54 Å². The number of hydrogen-bond donors (Lipinski definition) is 1. The van der Waals surface area contributed by atoms with Gasteiger partial charge in [0, 0.05) is 0 Å². The van der Waals surface area contributed by atoms with Crippen LogP contribution in [0.3, 0.4) is 0 Å². The number of aryl methyl sites for hydroxylation is 1. The number of benzene rings is 2. The fourth-order valence-corrected chi connectivity index (χ4v) is 3.79. The van der Waals surface area contributed by atoms with Gasteiger partial charge in [-0.1, -0.05) is 81.0 Å². The van der Waals surface area contributed by atoms with Crippen molar-refractivity contribution in [2.45, 2.75) is 26.3 Å². The van der Waals surface area contributed by atoms with Gasteiger partial charge < -0.3 is 5.73 Å². The van der Waals surface area contributed by atoms with Crippen molar-refractivity contribution < 1.29 is 0 Å². The van der Waals surface area contributed by atoms with Crippen LogP contribution in [0.5, 0.6) is 0 Å². The van der Waals surface area contributed by atoms with E-state index in [-0.39, 0.29) is 0 Å². The molecular weight excluding hydrogens is 362 g/mol. The van der Waals surface area contributed by atoms with Crippen LogP contribution in [0, 0.1) is 6.92 Å². The molecular formula is C29H31N. The molecule has 0 amide bonds. The van der Waals surface area contributed by atoms with Crippen LogP contribution in [0.4, 0.5) is 0 Å². The molecule has 0 aliphatic heterocycles. The molecule has 0 radical (unpaired) electrons. The van der Waals surface area contributed by atoms with Gasteiger partial charge in [-0.15, -0.1) is 5.73 Å². The average molecular weight is 394 g/mol. The Morgan fingerprint density at radius 3 is 2.13 bits per heavy atom. The number of nitrogens with two attached hydrogens (primary N) is 1. The lowest BCUT2D eigenvalue weighted by Crippen LogP contribution is -2.32. The molecule has 1 aliphatic rings. The molecule has 1 aliphatic carbocycles. The molecule has 30 heavy (non-hydrogen) atoms. The molecule has 3 rings (SSSR count). The monoisotopic (exact) mass is 393 g/mol. The molecule has 0 spiro atoms. The first-order valence-corrected chi connectivity index (χ1v) is 10.00. The van der Waals surface area contributed by atoms with Crippen LogP contribution in [-0.4, -0.2) is 0 Å². The van der Waals surface area contributed by atoms with E-state index in [1.54, 1.807) is 12.2 Å². The molecule has 2 N–H and O–H groups in total. The van der Waals surface area contributed by atoms with E-state index in [4.69, 9.17) is 5.73 Å². The Labute approximate surface area is 181 Å². The van der Waals surface area contributed by atoms with Gasteiger partial charge in [-0.2, -0.15) is 0 Å². The highest BCUT2D eigenvalue weighted by atomic mass is 14.8. The van der Waals surface area contributed by atoms with Gasteiger partial charge in [0.1, 0.15) is 0 Å². The molecule has 0 bridgehead atoms. The lowest BCUT2D eigenvalue weighted by molar-refractivity contribution is 0.621. The van der Waals surface area contributed by atoms with Crippen LogP contribution < -0.4 is 5.73 Å². The van der Waals surface area contributed by atoms with Crippen molar-refractivity contribution in [2.24, 2.45) is 5.73 Å². The SMILES string of the molecule is C=C/C=C1\C(=C\C=C)C(C)(N)c2cc(C=C)c(-c3ccccc3C)cc21.C=C=CC. The number of fused-ring (bicyclic) bond motifs is 1. The Kier molecular flexibility index (Phi) is 7.55. The van der Waals surface area contributed by atoms with E-state index in [1.807, 2.05) is 38.2 Å². The summed E-state index contributed by atoms with van der Waals surface area (Å²) in [5, 5.41) is 0.